The van der Waals surface area contributed by atoms with Gasteiger partial charge in [0.1, 0.15) is 11.7 Å². The summed E-state index contributed by atoms with van der Waals surface area (Å²) in [5.74, 6) is -0.674. The summed E-state index contributed by atoms with van der Waals surface area (Å²) in [5, 5.41) is 0. The Morgan fingerprint density at radius 3 is 2.32 bits per heavy atom. The van der Waals surface area contributed by atoms with Crippen molar-refractivity contribution in [2.45, 2.75) is 33.1 Å². The van der Waals surface area contributed by atoms with Gasteiger partial charge in [-0.25, -0.2) is 0 Å². The largest absolute Gasteiger partial charge is 0.468 e. The molecule has 1 aromatic rings. The second-order valence-corrected chi connectivity index (χ2v) is 5.16. The summed E-state index contributed by atoms with van der Waals surface area (Å²) in [6.45, 7) is 4.13. The molecule has 0 fully saturated rings. The molecule has 3 heteroatoms. The lowest BCUT2D eigenvalue weighted by Gasteiger charge is -2.14. The minimum absolute atomic E-state index is 0.0237. The first-order valence-electron chi connectivity index (χ1n) is 6.69. The van der Waals surface area contributed by atoms with Gasteiger partial charge in [-0.1, -0.05) is 44.2 Å². The Balaban J connectivity index is 2.72. The van der Waals surface area contributed by atoms with Crippen LogP contribution < -0.4 is 0 Å². The molecule has 0 saturated carbocycles. The molecule has 0 aliphatic rings. The average Bonchev–Trinajstić information content (AvgIpc) is 2.42. The molecular formula is C16H22O3. The highest BCUT2D eigenvalue weighted by atomic mass is 16.5. The Kier molecular flexibility index (Phi) is 6.26. The summed E-state index contributed by atoms with van der Waals surface area (Å²) in [7, 11) is 1.33. The number of carbonyl (C=O) groups is 2. The van der Waals surface area contributed by atoms with Gasteiger partial charge in [0.2, 0.25) is 0 Å². The van der Waals surface area contributed by atoms with Crippen LogP contribution in [-0.4, -0.2) is 18.9 Å². The highest BCUT2D eigenvalue weighted by Crippen LogP contribution is 2.16. The number of hydrogen-bond acceptors (Lipinski definition) is 3. The van der Waals surface area contributed by atoms with Crippen LogP contribution in [-0.2, 0) is 20.7 Å². The molecule has 19 heavy (non-hydrogen) atoms. The highest BCUT2D eigenvalue weighted by molar-refractivity contribution is 5.99. The van der Waals surface area contributed by atoms with Crippen LogP contribution in [0.3, 0.4) is 0 Å². The summed E-state index contributed by atoms with van der Waals surface area (Å²) in [6.07, 6.45) is 1.66. The fraction of sp³-hybridized carbons (Fsp3) is 0.500. The van der Waals surface area contributed by atoms with Crippen molar-refractivity contribution >= 4 is 11.8 Å². The topological polar surface area (TPSA) is 43.4 Å². The van der Waals surface area contributed by atoms with Crippen LogP contribution in [0.25, 0.3) is 0 Å². The maximum atomic E-state index is 12.2. The zero-order valence-corrected chi connectivity index (χ0v) is 11.9. The van der Waals surface area contributed by atoms with Gasteiger partial charge in [-0.05, 0) is 24.3 Å². The monoisotopic (exact) mass is 262 g/mol. The van der Waals surface area contributed by atoms with Crippen LogP contribution in [0, 0.1) is 11.8 Å². The zero-order valence-electron chi connectivity index (χ0n) is 11.9. The number of hydrogen-bond donors (Lipinski definition) is 0. The molecule has 3 nitrogen and oxygen atoms in total. The first-order chi connectivity index (χ1) is 9.04. The number of benzene rings is 1. The standard InChI is InChI=1S/C16H22O3/c1-12(2)9-10-15(17)14(16(18)19-3)11-13-7-5-4-6-8-13/h4-8,12,14H,9-11H2,1-3H3. The normalized spacial score (nSPS) is 12.2. The van der Waals surface area contributed by atoms with Gasteiger partial charge in [-0.3, -0.25) is 9.59 Å². The van der Waals surface area contributed by atoms with Crippen LogP contribution in [0.15, 0.2) is 30.3 Å². The molecule has 0 bridgehead atoms. The molecule has 0 aliphatic heterocycles. The van der Waals surface area contributed by atoms with E-state index in [1.165, 1.54) is 7.11 Å². The van der Waals surface area contributed by atoms with E-state index in [-0.39, 0.29) is 5.78 Å². The maximum Gasteiger partial charge on any atom is 0.316 e. The van der Waals surface area contributed by atoms with Crippen molar-refractivity contribution in [3.05, 3.63) is 35.9 Å². The van der Waals surface area contributed by atoms with Gasteiger partial charge in [-0.2, -0.15) is 0 Å². The molecule has 1 rings (SSSR count). The van der Waals surface area contributed by atoms with Gasteiger partial charge in [0.15, 0.2) is 0 Å². The van der Waals surface area contributed by atoms with E-state index in [2.05, 4.69) is 13.8 Å². The second-order valence-electron chi connectivity index (χ2n) is 5.16. The van der Waals surface area contributed by atoms with E-state index in [1.54, 1.807) is 0 Å². The second kappa shape index (κ2) is 7.72. The van der Waals surface area contributed by atoms with Crippen molar-refractivity contribution < 1.29 is 14.3 Å². The minimum atomic E-state index is -0.675. The van der Waals surface area contributed by atoms with Crippen molar-refractivity contribution in [2.24, 2.45) is 11.8 Å². The molecule has 0 N–H and O–H groups in total. The third kappa shape index (κ3) is 5.25. The van der Waals surface area contributed by atoms with Gasteiger partial charge < -0.3 is 4.74 Å². The molecular weight excluding hydrogens is 240 g/mol. The van der Waals surface area contributed by atoms with E-state index >= 15 is 0 Å². The van der Waals surface area contributed by atoms with E-state index in [0.29, 0.717) is 18.8 Å². The SMILES string of the molecule is COC(=O)C(Cc1ccccc1)C(=O)CCC(C)C. The molecule has 0 amide bonds. The van der Waals surface area contributed by atoms with Crippen LogP contribution in [0.1, 0.15) is 32.3 Å². The molecule has 104 valence electrons. The highest BCUT2D eigenvalue weighted by Gasteiger charge is 2.27. The van der Waals surface area contributed by atoms with Gasteiger partial charge in [0, 0.05) is 6.42 Å². The van der Waals surface area contributed by atoms with Crippen molar-refractivity contribution in [3.63, 3.8) is 0 Å². The van der Waals surface area contributed by atoms with Crippen molar-refractivity contribution in [2.75, 3.05) is 7.11 Å². The number of carbonyl (C=O) groups excluding carboxylic acids is 2. The van der Waals surface area contributed by atoms with Crippen molar-refractivity contribution in [1.29, 1.82) is 0 Å². The predicted molar refractivity (Wildman–Crippen MR) is 74.7 cm³/mol. The van der Waals surface area contributed by atoms with Crippen LogP contribution in [0.4, 0.5) is 0 Å². The van der Waals surface area contributed by atoms with Gasteiger partial charge in [-0.15, -0.1) is 0 Å². The Hall–Kier alpha value is -1.64. The fourth-order valence-corrected chi connectivity index (χ4v) is 1.93. The lowest BCUT2D eigenvalue weighted by molar-refractivity contribution is -0.149. The van der Waals surface area contributed by atoms with Gasteiger partial charge in [0.25, 0.3) is 0 Å². The molecule has 1 unspecified atom stereocenters. The third-order valence-corrected chi connectivity index (χ3v) is 3.13. The summed E-state index contributed by atoms with van der Waals surface area (Å²) in [5.41, 5.74) is 0.982. The Bertz CT molecular complexity index is 409. The number of ketones is 1. The van der Waals surface area contributed by atoms with Crippen LogP contribution in [0.2, 0.25) is 0 Å². The molecule has 1 atom stereocenters. The Morgan fingerprint density at radius 1 is 1.16 bits per heavy atom. The van der Waals surface area contributed by atoms with E-state index in [9.17, 15) is 9.59 Å². The fourth-order valence-electron chi connectivity index (χ4n) is 1.93. The van der Waals surface area contributed by atoms with Crippen molar-refractivity contribution in [3.8, 4) is 0 Å². The third-order valence-electron chi connectivity index (χ3n) is 3.13. The zero-order chi connectivity index (χ0) is 14.3. The summed E-state index contributed by atoms with van der Waals surface area (Å²) in [4.78, 5) is 23.9. The molecule has 0 aromatic heterocycles. The smallest absolute Gasteiger partial charge is 0.316 e. The molecule has 0 radical (unpaired) electrons. The summed E-state index contributed by atoms with van der Waals surface area (Å²) >= 11 is 0. The van der Waals surface area contributed by atoms with Crippen LogP contribution >= 0.6 is 0 Å². The molecule has 0 saturated heterocycles. The number of rotatable bonds is 7. The molecule has 0 spiro atoms. The minimum Gasteiger partial charge on any atom is -0.468 e. The Morgan fingerprint density at radius 2 is 1.79 bits per heavy atom. The molecule has 1 aromatic carbocycles. The first-order valence-corrected chi connectivity index (χ1v) is 6.69. The predicted octanol–water partition coefficient (Wildman–Crippen LogP) is 3.02. The Labute approximate surface area is 115 Å². The van der Waals surface area contributed by atoms with E-state index in [0.717, 1.165) is 12.0 Å². The first kappa shape index (κ1) is 15.4. The number of methoxy groups -OCH3 is 1. The van der Waals surface area contributed by atoms with Crippen molar-refractivity contribution in [1.82, 2.24) is 0 Å². The summed E-state index contributed by atoms with van der Waals surface area (Å²) in [6, 6.07) is 9.57. The van der Waals surface area contributed by atoms with E-state index < -0.39 is 11.9 Å². The quantitative estimate of drug-likeness (QED) is 0.560. The van der Waals surface area contributed by atoms with Crippen LogP contribution in [0.5, 0.6) is 0 Å². The number of Topliss-reactive ketones (excluding diaryl/α,β-unsaturated/α-hetero) is 1. The number of esters is 1. The molecule has 0 heterocycles. The molecule has 0 aliphatic carbocycles. The van der Waals surface area contributed by atoms with E-state index in [4.69, 9.17) is 4.74 Å². The maximum absolute atomic E-state index is 12.2. The average molecular weight is 262 g/mol. The van der Waals surface area contributed by atoms with Gasteiger partial charge >= 0.3 is 5.97 Å². The van der Waals surface area contributed by atoms with Gasteiger partial charge in [0.05, 0.1) is 7.11 Å². The lowest BCUT2D eigenvalue weighted by atomic mass is 9.91. The van der Waals surface area contributed by atoms with E-state index in [1.807, 2.05) is 30.3 Å². The summed E-state index contributed by atoms with van der Waals surface area (Å²) < 4.78 is 4.75. The lowest BCUT2D eigenvalue weighted by Crippen LogP contribution is -2.27. The number of ether oxygens (including phenoxy) is 1.